The Morgan fingerprint density at radius 1 is 0.926 bits per heavy atom. The molecule has 6 nitrogen and oxygen atoms in total. The van der Waals surface area contributed by atoms with E-state index in [-0.39, 0.29) is 18.7 Å². The van der Waals surface area contributed by atoms with Crippen LogP contribution in [-0.2, 0) is 10.8 Å². The molecule has 2 aliphatic heterocycles. The number of carboxylic acid groups (broad SMARTS) is 1. The first-order valence-electron chi connectivity index (χ1n) is 18.2. The monoisotopic (exact) mass is 761 g/mol. The number of nitrogens with zero attached hydrogens (tertiary/aromatic N) is 2. The molecule has 12 heteroatoms. The van der Waals surface area contributed by atoms with Crippen molar-refractivity contribution < 1.29 is 36.3 Å². The topological polar surface area (TPSA) is 68.8 Å². The van der Waals surface area contributed by atoms with Gasteiger partial charge in [0.2, 0.25) is 0 Å². The van der Waals surface area contributed by atoms with Gasteiger partial charge in [0.1, 0.15) is 17.8 Å². The highest BCUT2D eigenvalue weighted by Gasteiger charge is 2.53. The third-order valence-electron chi connectivity index (χ3n) is 11.1. The van der Waals surface area contributed by atoms with Crippen LogP contribution in [0.5, 0.6) is 0 Å². The van der Waals surface area contributed by atoms with Crippen LogP contribution in [0.2, 0.25) is 5.04 Å². The lowest BCUT2D eigenvalue weighted by molar-refractivity contribution is -0.0825. The van der Waals surface area contributed by atoms with Gasteiger partial charge >= 0.3 is 6.09 Å². The van der Waals surface area contributed by atoms with E-state index in [1.165, 1.54) is 4.90 Å². The fourth-order valence-electron chi connectivity index (χ4n) is 8.50. The number of H-pyrrole nitrogens is 1. The number of hydrogen-bond donors (Lipinski definition) is 2. The van der Waals surface area contributed by atoms with Crippen LogP contribution in [0.4, 0.5) is 26.7 Å². The van der Waals surface area contributed by atoms with Crippen molar-refractivity contribution in [2.45, 2.75) is 63.3 Å². The second kappa shape index (κ2) is 14.3. The Balaban J connectivity index is 1.26. The minimum Gasteiger partial charge on any atom is -0.465 e. The molecular weight excluding hydrogens is 718 g/mol. The first-order valence-corrected chi connectivity index (χ1v) is 20.1. The highest BCUT2D eigenvalue weighted by molar-refractivity contribution is 6.99. The summed E-state index contributed by atoms with van der Waals surface area (Å²) < 4.78 is 88.4. The molecule has 2 N–H and O–H groups in total. The number of aromatic nitrogens is 1. The maximum atomic E-state index is 16.8. The SMILES string of the molecule is C[C@@H]1Cc2c([nH]c3ccccc23)[C@@H](c2c(F)cc(C(F)C3CN(C(=O)O)C3)cc2F)N1CC(F)(F)CO[Si](c1ccccc1)(c1ccccc1)C(C)(C)C. The molecule has 1 aromatic heterocycles. The molecule has 0 saturated carbocycles. The number of fused-ring (bicyclic) bond motifs is 3. The molecule has 1 unspecified atom stereocenters. The van der Waals surface area contributed by atoms with E-state index in [9.17, 15) is 4.79 Å². The van der Waals surface area contributed by atoms with Crippen LogP contribution in [0.3, 0.4) is 0 Å². The van der Waals surface area contributed by atoms with Crippen molar-refractivity contribution >= 4 is 35.7 Å². The summed E-state index contributed by atoms with van der Waals surface area (Å²) in [5.41, 5.74) is 1.16. The molecule has 0 radical (unpaired) electrons. The molecule has 1 fully saturated rings. The van der Waals surface area contributed by atoms with E-state index in [0.717, 1.165) is 38.4 Å². The number of aromatic amines is 1. The second-order valence-corrected chi connectivity index (χ2v) is 20.1. The second-order valence-electron chi connectivity index (χ2n) is 15.7. The Hall–Kier alpha value is -4.52. The van der Waals surface area contributed by atoms with E-state index in [1.54, 1.807) is 6.92 Å². The Morgan fingerprint density at radius 3 is 2.04 bits per heavy atom. The lowest BCUT2D eigenvalue weighted by Crippen LogP contribution is -2.67. The molecule has 7 rings (SSSR count). The van der Waals surface area contributed by atoms with Gasteiger partial charge in [0.05, 0.1) is 19.2 Å². The minimum absolute atomic E-state index is 0.0983. The number of nitrogens with one attached hydrogen (secondary N) is 1. The highest BCUT2D eigenvalue weighted by atomic mass is 28.4. The lowest BCUT2D eigenvalue weighted by atomic mass is 9.86. The first-order chi connectivity index (χ1) is 25.6. The summed E-state index contributed by atoms with van der Waals surface area (Å²) in [5, 5.41) is 11.1. The number of carbonyl (C=O) groups is 1. The smallest absolute Gasteiger partial charge is 0.407 e. The van der Waals surface area contributed by atoms with E-state index in [4.69, 9.17) is 9.53 Å². The van der Waals surface area contributed by atoms with Crippen molar-refractivity contribution in [3.8, 4) is 0 Å². The van der Waals surface area contributed by atoms with Crippen molar-refractivity contribution in [2.24, 2.45) is 5.92 Å². The van der Waals surface area contributed by atoms with Gasteiger partial charge in [0, 0.05) is 47.2 Å². The van der Waals surface area contributed by atoms with Gasteiger partial charge in [-0.1, -0.05) is 99.6 Å². The van der Waals surface area contributed by atoms with Gasteiger partial charge in [-0.2, -0.15) is 0 Å². The fourth-order valence-corrected chi connectivity index (χ4v) is 13.1. The molecule has 0 bridgehead atoms. The average Bonchev–Trinajstić information content (AvgIpc) is 3.46. The predicted octanol–water partition coefficient (Wildman–Crippen LogP) is 8.61. The summed E-state index contributed by atoms with van der Waals surface area (Å²) in [6, 6.07) is 26.3. The van der Waals surface area contributed by atoms with Crippen LogP contribution in [-0.4, -0.2) is 72.5 Å². The number of benzene rings is 4. The lowest BCUT2D eigenvalue weighted by Gasteiger charge is -2.45. The number of para-hydroxylation sites is 1. The van der Waals surface area contributed by atoms with Crippen LogP contribution in [0.25, 0.3) is 10.9 Å². The van der Waals surface area contributed by atoms with Crippen LogP contribution in [0.15, 0.2) is 97.1 Å². The van der Waals surface area contributed by atoms with Crippen molar-refractivity contribution in [2.75, 3.05) is 26.2 Å². The molecule has 1 amide bonds. The van der Waals surface area contributed by atoms with Crippen molar-refractivity contribution in [3.63, 3.8) is 0 Å². The highest BCUT2D eigenvalue weighted by Crippen LogP contribution is 2.45. The van der Waals surface area contributed by atoms with Gasteiger partial charge in [-0.25, -0.2) is 26.7 Å². The van der Waals surface area contributed by atoms with Crippen LogP contribution in [0, 0.1) is 17.6 Å². The summed E-state index contributed by atoms with van der Waals surface area (Å²) in [6.45, 7) is 5.77. The summed E-state index contributed by atoms with van der Waals surface area (Å²) in [4.78, 5) is 17.0. The number of amides is 1. The fraction of sp³-hybridized carbons (Fsp3) is 0.357. The van der Waals surface area contributed by atoms with Crippen molar-refractivity contribution in [1.29, 1.82) is 0 Å². The Morgan fingerprint density at radius 2 is 1.48 bits per heavy atom. The van der Waals surface area contributed by atoms with E-state index in [0.29, 0.717) is 17.6 Å². The Labute approximate surface area is 312 Å². The average molecular weight is 762 g/mol. The third-order valence-corrected chi connectivity index (χ3v) is 16.1. The van der Waals surface area contributed by atoms with Crippen LogP contribution >= 0.6 is 0 Å². The Bertz CT molecular complexity index is 2070. The zero-order valence-electron chi connectivity index (χ0n) is 30.6. The summed E-state index contributed by atoms with van der Waals surface area (Å²) >= 11 is 0. The van der Waals surface area contributed by atoms with Gasteiger partial charge in [0.25, 0.3) is 14.2 Å². The molecule has 3 heterocycles. The number of likely N-dealkylation sites (tertiary alicyclic amines) is 1. The molecule has 3 atom stereocenters. The standard InChI is InChI=1S/C42H44F5N3O3Si/c1-26-19-32-31-17-11-12-18-35(31)48-38(32)39(36-33(43)20-27(21-34(36)44)37(45)28-22-49(23-28)40(51)52)50(26)24-42(46,47)25-53-54(41(2,3)4,29-13-7-5-8-14-29)30-15-9-6-10-16-30/h5-18,20-21,26,28,37,39,48H,19,22-25H2,1-4H3,(H,51,52)/t26-,37?,39-/m1/s1. The number of alkyl halides is 3. The Kier molecular flexibility index (Phi) is 9.99. The zero-order chi connectivity index (χ0) is 38.6. The maximum absolute atomic E-state index is 16.8. The quantitative estimate of drug-likeness (QED) is 0.111. The molecule has 0 aliphatic carbocycles. The van der Waals surface area contributed by atoms with Crippen LogP contribution in [0.1, 0.15) is 62.3 Å². The molecular formula is C42H44F5N3O3Si. The minimum atomic E-state index is -3.47. The molecule has 0 spiro atoms. The number of hydrogen-bond acceptors (Lipinski definition) is 3. The van der Waals surface area contributed by atoms with Crippen molar-refractivity contribution in [1.82, 2.24) is 14.8 Å². The van der Waals surface area contributed by atoms with Gasteiger partial charge in [-0.15, -0.1) is 0 Å². The molecule has 284 valence electrons. The molecule has 54 heavy (non-hydrogen) atoms. The maximum Gasteiger partial charge on any atom is 0.407 e. The molecule has 2 aliphatic rings. The zero-order valence-corrected chi connectivity index (χ0v) is 31.6. The number of rotatable bonds is 10. The van der Waals surface area contributed by atoms with E-state index < -0.39 is 79.9 Å². The van der Waals surface area contributed by atoms with Gasteiger partial charge in [-0.05, 0) is 58.1 Å². The normalized spacial score (nSPS) is 19.1. The number of halogens is 5. The molecule has 1 saturated heterocycles. The predicted molar refractivity (Wildman–Crippen MR) is 202 cm³/mol. The van der Waals surface area contributed by atoms with Gasteiger partial charge in [-0.3, -0.25) is 4.90 Å². The van der Waals surface area contributed by atoms with Crippen molar-refractivity contribution in [3.05, 3.63) is 131 Å². The van der Waals surface area contributed by atoms with Gasteiger partial charge in [0.15, 0.2) is 0 Å². The summed E-state index contributed by atoms with van der Waals surface area (Å²) in [6.07, 6.45) is -2.66. The van der Waals surface area contributed by atoms with E-state index in [2.05, 4.69) is 4.98 Å². The van der Waals surface area contributed by atoms with Gasteiger partial charge < -0.3 is 19.4 Å². The first kappa shape index (κ1) is 37.8. The third kappa shape index (κ3) is 6.73. The van der Waals surface area contributed by atoms with Crippen LogP contribution < -0.4 is 10.4 Å². The molecule has 4 aromatic carbocycles. The largest absolute Gasteiger partial charge is 0.465 e. The van der Waals surface area contributed by atoms with E-state index >= 15 is 22.0 Å². The summed E-state index contributed by atoms with van der Waals surface area (Å²) in [5.74, 6) is -6.36. The summed E-state index contributed by atoms with van der Waals surface area (Å²) in [7, 11) is -3.35. The van der Waals surface area contributed by atoms with E-state index in [1.807, 2.05) is 106 Å². The molecule has 5 aromatic rings.